The minimum Gasteiger partial charge on any atom is -0.340 e. The molecule has 0 aliphatic heterocycles. The van der Waals surface area contributed by atoms with Gasteiger partial charge in [0, 0.05) is 23.1 Å². The van der Waals surface area contributed by atoms with E-state index in [2.05, 4.69) is 35.5 Å². The number of carbonyl (C=O) groups excluding carboxylic acids is 2. The predicted octanol–water partition coefficient (Wildman–Crippen LogP) is 4.90. The summed E-state index contributed by atoms with van der Waals surface area (Å²) in [4.78, 5) is 28.0. The summed E-state index contributed by atoms with van der Waals surface area (Å²) >= 11 is 0. The van der Waals surface area contributed by atoms with Crippen molar-refractivity contribution in [1.29, 1.82) is 0 Å². The maximum Gasteiger partial charge on any atom is 0.257 e. The van der Waals surface area contributed by atoms with Gasteiger partial charge in [-0.1, -0.05) is 12.1 Å². The van der Waals surface area contributed by atoms with Gasteiger partial charge in [0.05, 0.1) is 5.56 Å². The molecule has 0 saturated heterocycles. The fourth-order valence-electron chi connectivity index (χ4n) is 2.62. The number of benzene rings is 2. The zero-order valence-electron chi connectivity index (χ0n) is 15.5. The topological polar surface area (TPSA) is 71.1 Å². The van der Waals surface area contributed by atoms with Crippen molar-refractivity contribution in [2.45, 2.75) is 20.8 Å². The molecule has 2 aromatic carbocycles. The van der Waals surface area contributed by atoms with Crippen molar-refractivity contribution in [3.8, 4) is 0 Å². The van der Waals surface area contributed by atoms with E-state index in [0.29, 0.717) is 22.6 Å². The van der Waals surface area contributed by atoms with Crippen molar-refractivity contribution in [2.75, 3.05) is 10.6 Å². The molecule has 5 nitrogen and oxygen atoms in total. The van der Waals surface area contributed by atoms with E-state index in [1.807, 2.05) is 12.1 Å². The van der Waals surface area contributed by atoms with Gasteiger partial charge in [0.15, 0.2) is 5.78 Å². The zero-order valence-corrected chi connectivity index (χ0v) is 15.5. The van der Waals surface area contributed by atoms with Gasteiger partial charge in [-0.15, -0.1) is 0 Å². The van der Waals surface area contributed by atoms with Gasteiger partial charge in [-0.2, -0.15) is 0 Å². The monoisotopic (exact) mass is 359 g/mol. The highest BCUT2D eigenvalue weighted by Gasteiger charge is 2.08. The Morgan fingerprint density at radius 2 is 1.59 bits per heavy atom. The molecule has 0 unspecified atom stereocenters. The number of pyridine rings is 1. The summed E-state index contributed by atoms with van der Waals surface area (Å²) in [5, 5.41) is 6.07. The second-order valence-electron chi connectivity index (χ2n) is 6.39. The Hall–Kier alpha value is -3.47. The van der Waals surface area contributed by atoms with Gasteiger partial charge in [0.2, 0.25) is 0 Å². The number of ketones is 1. The Morgan fingerprint density at radius 3 is 2.22 bits per heavy atom. The summed E-state index contributed by atoms with van der Waals surface area (Å²) < 4.78 is 0. The lowest BCUT2D eigenvalue weighted by Crippen LogP contribution is -2.12. The Balaban J connectivity index is 1.68. The van der Waals surface area contributed by atoms with Crippen LogP contribution in [0.15, 0.2) is 60.8 Å². The molecule has 136 valence electrons. The molecule has 0 spiro atoms. The number of aromatic nitrogens is 1. The predicted molar refractivity (Wildman–Crippen MR) is 108 cm³/mol. The van der Waals surface area contributed by atoms with Crippen molar-refractivity contribution in [1.82, 2.24) is 4.98 Å². The van der Waals surface area contributed by atoms with E-state index in [1.54, 1.807) is 36.4 Å². The third-order valence-corrected chi connectivity index (χ3v) is 4.44. The van der Waals surface area contributed by atoms with E-state index in [1.165, 1.54) is 18.7 Å². The highest BCUT2D eigenvalue weighted by Crippen LogP contribution is 2.22. The first-order valence-electron chi connectivity index (χ1n) is 8.65. The molecule has 3 aromatic rings. The molecule has 3 rings (SSSR count). The summed E-state index contributed by atoms with van der Waals surface area (Å²) in [5.41, 5.74) is 5.04. The fraction of sp³-hybridized carbons (Fsp3) is 0.136. The lowest BCUT2D eigenvalue weighted by atomic mass is 10.1. The first-order chi connectivity index (χ1) is 12.9. The van der Waals surface area contributed by atoms with Crippen LogP contribution in [0.5, 0.6) is 0 Å². The van der Waals surface area contributed by atoms with Crippen LogP contribution in [0.25, 0.3) is 0 Å². The molecular weight excluding hydrogens is 338 g/mol. The van der Waals surface area contributed by atoms with Gasteiger partial charge in [-0.3, -0.25) is 9.59 Å². The minimum atomic E-state index is -0.253. The summed E-state index contributed by atoms with van der Waals surface area (Å²) in [6, 6.07) is 16.3. The molecule has 0 radical (unpaired) electrons. The van der Waals surface area contributed by atoms with Crippen LogP contribution in [0.4, 0.5) is 17.2 Å². The second kappa shape index (κ2) is 7.83. The highest BCUT2D eigenvalue weighted by molar-refractivity contribution is 6.04. The number of carbonyl (C=O) groups is 2. The normalized spacial score (nSPS) is 10.3. The number of anilines is 3. The standard InChI is InChI=1S/C22H21N3O2/c1-14-5-4-6-20(15(14)2)25-21-12-9-18(13-23-21)22(27)24-19-10-7-17(8-11-19)16(3)26/h4-13H,1-3H3,(H,23,25)(H,24,27). The number of nitrogens with one attached hydrogen (secondary N) is 2. The lowest BCUT2D eigenvalue weighted by molar-refractivity contribution is 0.101. The molecule has 1 heterocycles. The molecule has 0 aliphatic carbocycles. The number of amides is 1. The van der Waals surface area contributed by atoms with Crippen molar-refractivity contribution < 1.29 is 9.59 Å². The maximum atomic E-state index is 12.4. The molecule has 1 amide bonds. The molecule has 0 saturated carbocycles. The number of hydrogen-bond donors (Lipinski definition) is 2. The summed E-state index contributed by atoms with van der Waals surface area (Å²) in [6.07, 6.45) is 1.53. The number of rotatable bonds is 5. The third kappa shape index (κ3) is 4.39. The first-order valence-corrected chi connectivity index (χ1v) is 8.65. The lowest BCUT2D eigenvalue weighted by Gasteiger charge is -2.11. The van der Waals surface area contributed by atoms with Crippen molar-refractivity contribution in [2.24, 2.45) is 0 Å². The van der Waals surface area contributed by atoms with Crippen LogP contribution in [0.3, 0.4) is 0 Å². The first kappa shape index (κ1) is 18.3. The molecule has 5 heteroatoms. The number of Topliss-reactive ketones (excluding diaryl/α,β-unsaturated/α-hetero) is 1. The molecule has 0 bridgehead atoms. The van der Waals surface area contributed by atoms with Gasteiger partial charge >= 0.3 is 0 Å². The summed E-state index contributed by atoms with van der Waals surface area (Å²) in [5.74, 6) is 0.409. The third-order valence-electron chi connectivity index (χ3n) is 4.44. The van der Waals surface area contributed by atoms with Crippen LogP contribution >= 0.6 is 0 Å². The van der Waals surface area contributed by atoms with Gasteiger partial charge in [-0.05, 0) is 74.4 Å². The van der Waals surface area contributed by atoms with E-state index in [4.69, 9.17) is 0 Å². The smallest absolute Gasteiger partial charge is 0.257 e. The van der Waals surface area contributed by atoms with Crippen LogP contribution < -0.4 is 10.6 Å². The van der Waals surface area contributed by atoms with Crippen molar-refractivity contribution >= 4 is 28.9 Å². The van der Waals surface area contributed by atoms with Crippen LogP contribution in [0.2, 0.25) is 0 Å². The molecule has 0 fully saturated rings. The van der Waals surface area contributed by atoms with Gasteiger partial charge in [-0.25, -0.2) is 4.98 Å². The highest BCUT2D eigenvalue weighted by atomic mass is 16.1. The minimum absolute atomic E-state index is 0.0102. The molecule has 0 aliphatic rings. The van der Waals surface area contributed by atoms with Crippen LogP contribution in [-0.4, -0.2) is 16.7 Å². The summed E-state index contributed by atoms with van der Waals surface area (Å²) in [6.45, 7) is 5.62. The maximum absolute atomic E-state index is 12.4. The number of nitrogens with zero attached hydrogens (tertiary/aromatic N) is 1. The zero-order chi connectivity index (χ0) is 19.4. The largest absolute Gasteiger partial charge is 0.340 e. The Bertz CT molecular complexity index is 977. The molecule has 27 heavy (non-hydrogen) atoms. The van der Waals surface area contributed by atoms with Gasteiger partial charge in [0.1, 0.15) is 5.82 Å². The van der Waals surface area contributed by atoms with E-state index in [0.717, 1.165) is 11.3 Å². The average Bonchev–Trinajstić information content (AvgIpc) is 2.66. The Morgan fingerprint density at radius 1 is 0.889 bits per heavy atom. The fourth-order valence-corrected chi connectivity index (χ4v) is 2.62. The van der Waals surface area contributed by atoms with Gasteiger partial charge in [0.25, 0.3) is 5.91 Å². The van der Waals surface area contributed by atoms with E-state index >= 15 is 0 Å². The van der Waals surface area contributed by atoms with Gasteiger partial charge < -0.3 is 10.6 Å². The van der Waals surface area contributed by atoms with E-state index < -0.39 is 0 Å². The van der Waals surface area contributed by atoms with Crippen LogP contribution in [-0.2, 0) is 0 Å². The molecule has 0 atom stereocenters. The van der Waals surface area contributed by atoms with E-state index in [9.17, 15) is 9.59 Å². The molecule has 1 aromatic heterocycles. The molecule has 2 N–H and O–H groups in total. The Kier molecular flexibility index (Phi) is 5.31. The molecular formula is C22H21N3O2. The van der Waals surface area contributed by atoms with Crippen LogP contribution in [0.1, 0.15) is 38.8 Å². The van der Waals surface area contributed by atoms with Crippen LogP contribution in [0, 0.1) is 13.8 Å². The summed E-state index contributed by atoms with van der Waals surface area (Å²) in [7, 11) is 0. The SMILES string of the molecule is CC(=O)c1ccc(NC(=O)c2ccc(Nc3cccc(C)c3C)nc2)cc1. The number of aryl methyl sites for hydroxylation is 1. The number of hydrogen-bond acceptors (Lipinski definition) is 4. The van der Waals surface area contributed by atoms with Crippen molar-refractivity contribution in [3.63, 3.8) is 0 Å². The second-order valence-corrected chi connectivity index (χ2v) is 6.39. The average molecular weight is 359 g/mol. The Labute approximate surface area is 158 Å². The quantitative estimate of drug-likeness (QED) is 0.636. The van der Waals surface area contributed by atoms with E-state index in [-0.39, 0.29) is 11.7 Å². The van der Waals surface area contributed by atoms with Crippen molar-refractivity contribution in [3.05, 3.63) is 83.0 Å².